The molecule has 0 saturated heterocycles. The van der Waals surface area contributed by atoms with Gasteiger partial charge in [-0.25, -0.2) is 0 Å². The molecule has 1 aliphatic carbocycles. The zero-order chi connectivity index (χ0) is 20.0. The molecule has 1 aliphatic heterocycles. The predicted molar refractivity (Wildman–Crippen MR) is 88.3 cm³/mol. The summed E-state index contributed by atoms with van der Waals surface area (Å²) in [5.74, 6) is -3.59. The summed E-state index contributed by atoms with van der Waals surface area (Å²) in [4.78, 5) is 13.2. The van der Waals surface area contributed by atoms with Gasteiger partial charge in [-0.2, -0.15) is 8.78 Å². The molecule has 1 unspecified atom stereocenters. The fourth-order valence-electron chi connectivity index (χ4n) is 3.16. The van der Waals surface area contributed by atoms with Crippen LogP contribution in [0.25, 0.3) is 0 Å². The molecular weight excluding hydrogens is 393 g/mol. The van der Waals surface area contributed by atoms with E-state index >= 15 is 0 Å². The van der Waals surface area contributed by atoms with E-state index in [9.17, 15) is 26.7 Å². The number of benzene rings is 1. The monoisotopic (exact) mass is 405 g/mol. The molecule has 0 spiro atoms. The van der Waals surface area contributed by atoms with Crippen LogP contribution in [0.3, 0.4) is 0 Å². The molecule has 0 N–H and O–H groups in total. The molecule has 144 valence electrons. The minimum atomic E-state index is -4.80. The molecule has 3 rings (SSSR count). The molecule has 9 heteroatoms. The zero-order valence-electron chi connectivity index (χ0n) is 13.9. The Kier molecular flexibility index (Phi) is 4.80. The number of hydrogen-bond acceptors (Lipinski definition) is 3. The van der Waals surface area contributed by atoms with E-state index in [1.165, 1.54) is 12.1 Å². The zero-order valence-corrected chi connectivity index (χ0v) is 14.6. The first-order chi connectivity index (χ1) is 12.5. The average molecular weight is 406 g/mol. The van der Waals surface area contributed by atoms with Crippen LogP contribution in [-0.2, 0) is 4.79 Å². The van der Waals surface area contributed by atoms with Gasteiger partial charge in [-0.1, -0.05) is 23.7 Å². The van der Waals surface area contributed by atoms with Crippen LogP contribution in [0.2, 0.25) is 0 Å². The Hall–Kier alpha value is -2.35. The number of alkyl halides is 5. The minimum absolute atomic E-state index is 0.0328. The van der Waals surface area contributed by atoms with E-state index < -0.39 is 18.3 Å². The minimum Gasteiger partial charge on any atom is -0.406 e. The Morgan fingerprint density at radius 1 is 1.22 bits per heavy atom. The number of aldehydes is 1. The molecule has 0 radical (unpaired) electrons. The largest absolute Gasteiger partial charge is 0.573 e. The number of ether oxygens (including phenoxy) is 1. The maximum Gasteiger partial charge on any atom is 0.573 e. The number of hydrogen-bond donors (Lipinski definition) is 0. The van der Waals surface area contributed by atoms with Gasteiger partial charge in [0.2, 0.25) is 0 Å². The first kappa shape index (κ1) is 19.4. The van der Waals surface area contributed by atoms with Crippen LogP contribution in [0.15, 0.2) is 58.3 Å². The van der Waals surface area contributed by atoms with Crippen LogP contribution >= 0.6 is 11.6 Å². The molecule has 0 bridgehead atoms. The van der Waals surface area contributed by atoms with E-state index in [4.69, 9.17) is 11.6 Å². The van der Waals surface area contributed by atoms with Gasteiger partial charge in [0.05, 0.1) is 16.8 Å². The smallest absolute Gasteiger partial charge is 0.406 e. The maximum absolute atomic E-state index is 13.7. The van der Waals surface area contributed by atoms with E-state index in [2.05, 4.69) is 4.74 Å². The van der Waals surface area contributed by atoms with Crippen LogP contribution in [0, 0.1) is 0 Å². The Bertz CT molecular complexity index is 855. The van der Waals surface area contributed by atoms with Crippen LogP contribution in [0.4, 0.5) is 22.0 Å². The van der Waals surface area contributed by atoms with Crippen molar-refractivity contribution >= 4 is 17.9 Å². The third-order valence-corrected chi connectivity index (χ3v) is 4.63. The fourth-order valence-corrected chi connectivity index (χ4v) is 3.53. The molecule has 27 heavy (non-hydrogen) atoms. The van der Waals surface area contributed by atoms with Crippen molar-refractivity contribution in [3.05, 3.63) is 63.9 Å². The molecule has 1 aromatic carbocycles. The molecule has 0 aromatic heterocycles. The lowest BCUT2D eigenvalue weighted by atomic mass is 9.99. The van der Waals surface area contributed by atoms with Crippen molar-refractivity contribution in [3.8, 4) is 5.75 Å². The van der Waals surface area contributed by atoms with E-state index in [-0.39, 0.29) is 34.2 Å². The Labute approximate surface area is 156 Å². The molecule has 3 nitrogen and oxygen atoms in total. The lowest BCUT2D eigenvalue weighted by Crippen LogP contribution is -2.25. The lowest BCUT2D eigenvalue weighted by molar-refractivity contribution is -0.274. The van der Waals surface area contributed by atoms with Crippen LogP contribution in [0.1, 0.15) is 18.5 Å². The maximum atomic E-state index is 13.7. The lowest BCUT2D eigenvalue weighted by Gasteiger charge is -2.27. The summed E-state index contributed by atoms with van der Waals surface area (Å²) in [5.41, 5.74) is 1.22. The first-order valence-electron chi connectivity index (χ1n) is 7.81. The number of fused-ring (bicyclic) bond motifs is 1. The Balaban J connectivity index is 1.89. The van der Waals surface area contributed by atoms with Crippen LogP contribution < -0.4 is 4.74 Å². The fraction of sp³-hybridized carbons (Fsp3) is 0.278. The molecular formula is C18H13ClF5NO2. The first-order valence-corrected chi connectivity index (χ1v) is 8.19. The van der Waals surface area contributed by atoms with E-state index in [0.717, 1.165) is 18.2 Å². The van der Waals surface area contributed by atoms with Gasteiger partial charge in [-0.15, -0.1) is 13.2 Å². The molecule has 0 amide bonds. The Morgan fingerprint density at radius 3 is 2.41 bits per heavy atom. The third kappa shape index (κ3) is 4.00. The summed E-state index contributed by atoms with van der Waals surface area (Å²) in [6, 6.07) is 4.66. The van der Waals surface area contributed by atoms with E-state index in [1.807, 2.05) is 0 Å². The quantitative estimate of drug-likeness (QED) is 0.515. The molecule has 1 aromatic rings. The summed E-state index contributed by atoms with van der Waals surface area (Å²) in [5, 5.41) is -0.205. The molecule has 0 fully saturated rings. The SMILES string of the molecule is CC(c1ccc(OC(F)(F)F)cc1)N1CC2=CC(F)(F)C=C(Cl)C2=C1C=O. The van der Waals surface area contributed by atoms with Crippen molar-refractivity contribution < 1.29 is 31.5 Å². The van der Waals surface area contributed by atoms with Gasteiger partial charge in [-0.3, -0.25) is 4.79 Å². The normalized spacial score (nSPS) is 20.0. The van der Waals surface area contributed by atoms with Gasteiger partial charge >= 0.3 is 6.36 Å². The highest BCUT2D eigenvalue weighted by Gasteiger charge is 2.39. The van der Waals surface area contributed by atoms with Crippen molar-refractivity contribution in [2.45, 2.75) is 25.3 Å². The van der Waals surface area contributed by atoms with Crippen molar-refractivity contribution in [3.63, 3.8) is 0 Å². The summed E-state index contributed by atoms with van der Waals surface area (Å²) >= 11 is 5.95. The Morgan fingerprint density at radius 2 is 1.85 bits per heavy atom. The molecule has 1 heterocycles. The second-order valence-electron chi connectivity index (χ2n) is 6.14. The average Bonchev–Trinajstić information content (AvgIpc) is 2.90. The summed E-state index contributed by atoms with van der Waals surface area (Å²) in [7, 11) is 0. The predicted octanol–water partition coefficient (Wildman–Crippen LogP) is 5.11. The van der Waals surface area contributed by atoms with Gasteiger partial charge in [0, 0.05) is 18.2 Å². The number of allylic oxidation sites excluding steroid dienone is 4. The molecule has 1 atom stereocenters. The second-order valence-corrected chi connectivity index (χ2v) is 6.54. The number of carbonyl (C=O) groups excluding carboxylic acids is 1. The van der Waals surface area contributed by atoms with Gasteiger partial charge in [0.15, 0.2) is 6.29 Å². The summed E-state index contributed by atoms with van der Waals surface area (Å²) in [6.45, 7) is 1.74. The van der Waals surface area contributed by atoms with Crippen molar-refractivity contribution in [1.29, 1.82) is 0 Å². The van der Waals surface area contributed by atoms with Crippen molar-refractivity contribution in [1.82, 2.24) is 4.90 Å². The van der Waals surface area contributed by atoms with Gasteiger partial charge < -0.3 is 9.64 Å². The van der Waals surface area contributed by atoms with E-state index in [0.29, 0.717) is 17.9 Å². The van der Waals surface area contributed by atoms with Gasteiger partial charge in [0.25, 0.3) is 5.92 Å². The molecule has 2 aliphatic rings. The second kappa shape index (κ2) is 6.67. The van der Waals surface area contributed by atoms with Crippen molar-refractivity contribution in [2.75, 3.05) is 6.54 Å². The topological polar surface area (TPSA) is 29.5 Å². The van der Waals surface area contributed by atoms with Crippen molar-refractivity contribution in [2.24, 2.45) is 0 Å². The van der Waals surface area contributed by atoms with Crippen LogP contribution in [0.5, 0.6) is 5.75 Å². The summed E-state index contributed by atoms with van der Waals surface area (Å²) in [6.07, 6.45) is -2.93. The van der Waals surface area contributed by atoms with Gasteiger partial charge in [-0.05, 0) is 36.3 Å². The highest BCUT2D eigenvalue weighted by Crippen LogP contribution is 2.44. The number of halogens is 6. The number of nitrogens with zero attached hydrogens (tertiary/aromatic N) is 1. The third-order valence-electron chi connectivity index (χ3n) is 4.33. The van der Waals surface area contributed by atoms with E-state index in [1.54, 1.807) is 11.8 Å². The standard InChI is InChI=1S/C18H13ClF5NO2/c1-10(11-2-4-13(5-3-11)27-18(22,23)24)25-8-12-6-17(20,21)7-14(19)16(12)15(25)9-26/h2-7,9-10H,8H2,1H3. The number of rotatable bonds is 4. The summed E-state index contributed by atoms with van der Waals surface area (Å²) < 4.78 is 67.9. The van der Waals surface area contributed by atoms with Crippen LogP contribution in [-0.4, -0.2) is 30.0 Å². The highest BCUT2D eigenvalue weighted by molar-refractivity contribution is 6.33. The molecule has 0 saturated carbocycles. The van der Waals surface area contributed by atoms with Gasteiger partial charge in [0.1, 0.15) is 5.75 Å². The highest BCUT2D eigenvalue weighted by atomic mass is 35.5. The number of carbonyl (C=O) groups is 1.